The van der Waals surface area contributed by atoms with Crippen molar-refractivity contribution in [3.05, 3.63) is 40.1 Å². The van der Waals surface area contributed by atoms with E-state index in [1.165, 1.54) is 0 Å². The van der Waals surface area contributed by atoms with E-state index in [-0.39, 0.29) is 0 Å². The fourth-order valence-electron chi connectivity index (χ4n) is 1.34. The number of nitrogens with zero attached hydrogens (tertiary/aromatic N) is 1. The van der Waals surface area contributed by atoms with Gasteiger partial charge in [-0.25, -0.2) is 4.98 Å². The number of fused-ring (bicyclic) bond motifs is 1. The van der Waals surface area contributed by atoms with E-state index in [0.29, 0.717) is 5.15 Å². The fourth-order valence-corrected chi connectivity index (χ4v) is 1.89. The van der Waals surface area contributed by atoms with Gasteiger partial charge in [0.1, 0.15) is 5.15 Å². The second kappa shape index (κ2) is 3.17. The van der Waals surface area contributed by atoms with E-state index in [9.17, 15) is 0 Å². The molecular formula is C10H7Cl2N. The Labute approximate surface area is 86.3 Å². The van der Waals surface area contributed by atoms with Gasteiger partial charge in [0.25, 0.3) is 0 Å². The summed E-state index contributed by atoms with van der Waals surface area (Å²) >= 11 is 12.0. The lowest BCUT2D eigenvalue weighted by Crippen LogP contribution is -1.81. The third-order valence-corrected chi connectivity index (χ3v) is 2.54. The summed E-state index contributed by atoms with van der Waals surface area (Å²) < 4.78 is 0. The molecule has 0 fully saturated rings. The van der Waals surface area contributed by atoms with Crippen molar-refractivity contribution < 1.29 is 0 Å². The predicted octanol–water partition coefficient (Wildman–Crippen LogP) is 3.85. The molecule has 3 heteroatoms. The maximum atomic E-state index is 6.05. The standard InChI is InChI=1S/C10H7Cl2N/c1-6-4-8-7(9(11)5-6)2-3-13-10(8)12/h2-5H,1H3. The lowest BCUT2D eigenvalue weighted by molar-refractivity contribution is 1.36. The SMILES string of the molecule is Cc1cc(Cl)c2ccnc(Cl)c2c1. The summed E-state index contributed by atoms with van der Waals surface area (Å²) in [4.78, 5) is 4.00. The van der Waals surface area contributed by atoms with Crippen molar-refractivity contribution in [2.24, 2.45) is 0 Å². The highest BCUT2D eigenvalue weighted by Gasteiger charge is 2.03. The van der Waals surface area contributed by atoms with Crippen molar-refractivity contribution >= 4 is 34.0 Å². The van der Waals surface area contributed by atoms with Crippen LogP contribution in [0.3, 0.4) is 0 Å². The molecule has 0 saturated heterocycles. The maximum Gasteiger partial charge on any atom is 0.136 e. The monoisotopic (exact) mass is 211 g/mol. The molecule has 0 N–H and O–H groups in total. The smallest absolute Gasteiger partial charge is 0.136 e. The number of pyridine rings is 1. The Balaban J connectivity index is 2.94. The molecule has 0 aliphatic heterocycles. The predicted molar refractivity (Wildman–Crippen MR) is 56.5 cm³/mol. The van der Waals surface area contributed by atoms with Crippen molar-refractivity contribution in [2.45, 2.75) is 6.92 Å². The molecule has 2 aromatic rings. The van der Waals surface area contributed by atoms with Crippen LogP contribution in [0.4, 0.5) is 0 Å². The van der Waals surface area contributed by atoms with Crippen LogP contribution < -0.4 is 0 Å². The molecule has 1 nitrogen and oxygen atoms in total. The second-order valence-electron chi connectivity index (χ2n) is 2.94. The molecule has 0 amide bonds. The van der Waals surface area contributed by atoms with Crippen molar-refractivity contribution in [1.29, 1.82) is 0 Å². The van der Waals surface area contributed by atoms with Gasteiger partial charge in [-0.05, 0) is 30.7 Å². The molecule has 0 saturated carbocycles. The van der Waals surface area contributed by atoms with Crippen LogP contribution in [-0.4, -0.2) is 4.98 Å². The first-order valence-electron chi connectivity index (χ1n) is 3.89. The highest BCUT2D eigenvalue weighted by molar-refractivity contribution is 6.39. The lowest BCUT2D eigenvalue weighted by Gasteiger charge is -2.02. The van der Waals surface area contributed by atoms with Gasteiger partial charge in [-0.1, -0.05) is 23.2 Å². The van der Waals surface area contributed by atoms with Crippen LogP contribution >= 0.6 is 23.2 Å². The number of hydrogen-bond acceptors (Lipinski definition) is 1. The largest absolute Gasteiger partial charge is 0.244 e. The molecule has 2 rings (SSSR count). The first-order valence-corrected chi connectivity index (χ1v) is 4.64. The van der Waals surface area contributed by atoms with Gasteiger partial charge in [0.2, 0.25) is 0 Å². The molecule has 0 aliphatic rings. The van der Waals surface area contributed by atoms with E-state index in [4.69, 9.17) is 23.2 Å². The van der Waals surface area contributed by atoms with E-state index >= 15 is 0 Å². The van der Waals surface area contributed by atoms with Gasteiger partial charge in [0.05, 0.1) is 0 Å². The summed E-state index contributed by atoms with van der Waals surface area (Å²) in [7, 11) is 0. The summed E-state index contributed by atoms with van der Waals surface area (Å²) in [5.74, 6) is 0. The Morgan fingerprint density at radius 3 is 2.69 bits per heavy atom. The first-order chi connectivity index (χ1) is 6.18. The van der Waals surface area contributed by atoms with Crippen LogP contribution in [0.1, 0.15) is 5.56 Å². The molecular weight excluding hydrogens is 205 g/mol. The minimum absolute atomic E-state index is 0.503. The number of aryl methyl sites for hydroxylation is 1. The minimum atomic E-state index is 0.503. The van der Waals surface area contributed by atoms with E-state index < -0.39 is 0 Å². The van der Waals surface area contributed by atoms with Gasteiger partial charge in [-0.2, -0.15) is 0 Å². The van der Waals surface area contributed by atoms with Gasteiger partial charge in [0, 0.05) is 22.0 Å². The Hall–Kier alpha value is -0.790. The van der Waals surface area contributed by atoms with E-state index in [1.54, 1.807) is 6.20 Å². The molecule has 66 valence electrons. The molecule has 0 bridgehead atoms. The van der Waals surface area contributed by atoms with Crippen LogP contribution in [0, 0.1) is 6.92 Å². The third-order valence-electron chi connectivity index (χ3n) is 1.93. The molecule has 13 heavy (non-hydrogen) atoms. The highest BCUT2D eigenvalue weighted by atomic mass is 35.5. The summed E-state index contributed by atoms with van der Waals surface area (Å²) in [5, 5.41) is 3.09. The van der Waals surface area contributed by atoms with Crippen LogP contribution in [0.5, 0.6) is 0 Å². The summed E-state index contributed by atoms with van der Waals surface area (Å²) in [5.41, 5.74) is 1.09. The zero-order chi connectivity index (χ0) is 9.42. The Morgan fingerprint density at radius 2 is 1.92 bits per heavy atom. The normalized spacial score (nSPS) is 10.7. The Morgan fingerprint density at radius 1 is 1.15 bits per heavy atom. The third kappa shape index (κ3) is 1.50. The molecule has 0 aliphatic carbocycles. The van der Waals surface area contributed by atoms with E-state index in [0.717, 1.165) is 21.4 Å². The molecule has 0 spiro atoms. The number of halogens is 2. The van der Waals surface area contributed by atoms with Crippen LogP contribution in [0.2, 0.25) is 10.2 Å². The second-order valence-corrected chi connectivity index (χ2v) is 3.71. The fraction of sp³-hybridized carbons (Fsp3) is 0.100. The van der Waals surface area contributed by atoms with Crippen molar-refractivity contribution in [1.82, 2.24) is 4.98 Å². The van der Waals surface area contributed by atoms with E-state index in [1.807, 2.05) is 25.1 Å². The molecule has 1 heterocycles. The van der Waals surface area contributed by atoms with Crippen molar-refractivity contribution in [2.75, 3.05) is 0 Å². The number of hydrogen-bond donors (Lipinski definition) is 0. The van der Waals surface area contributed by atoms with Gasteiger partial charge < -0.3 is 0 Å². The van der Waals surface area contributed by atoms with Crippen molar-refractivity contribution in [3.8, 4) is 0 Å². The van der Waals surface area contributed by atoms with Gasteiger partial charge in [-0.3, -0.25) is 0 Å². The summed E-state index contributed by atoms with van der Waals surface area (Å²) in [6.45, 7) is 1.98. The summed E-state index contributed by atoms with van der Waals surface area (Å²) in [6, 6.07) is 5.76. The van der Waals surface area contributed by atoms with Gasteiger partial charge in [-0.15, -0.1) is 0 Å². The van der Waals surface area contributed by atoms with Crippen LogP contribution in [-0.2, 0) is 0 Å². The molecule has 1 aromatic carbocycles. The quantitative estimate of drug-likeness (QED) is 0.604. The minimum Gasteiger partial charge on any atom is -0.244 e. The maximum absolute atomic E-state index is 6.05. The lowest BCUT2D eigenvalue weighted by atomic mass is 10.1. The number of benzene rings is 1. The van der Waals surface area contributed by atoms with Gasteiger partial charge in [0.15, 0.2) is 0 Å². The molecule has 1 aromatic heterocycles. The van der Waals surface area contributed by atoms with Crippen molar-refractivity contribution in [3.63, 3.8) is 0 Å². The number of rotatable bonds is 0. The van der Waals surface area contributed by atoms with Gasteiger partial charge >= 0.3 is 0 Å². The first kappa shape index (κ1) is 8.79. The zero-order valence-electron chi connectivity index (χ0n) is 7.01. The van der Waals surface area contributed by atoms with E-state index in [2.05, 4.69) is 4.98 Å². The van der Waals surface area contributed by atoms with Crippen LogP contribution in [0.15, 0.2) is 24.4 Å². The zero-order valence-corrected chi connectivity index (χ0v) is 8.52. The highest BCUT2D eigenvalue weighted by Crippen LogP contribution is 2.28. The average Bonchev–Trinajstić information content (AvgIpc) is 2.07. The molecule has 0 unspecified atom stereocenters. The number of aromatic nitrogens is 1. The molecule has 0 atom stereocenters. The topological polar surface area (TPSA) is 12.9 Å². The van der Waals surface area contributed by atoms with Crippen LogP contribution in [0.25, 0.3) is 10.8 Å². The Bertz CT molecular complexity index is 466. The Kier molecular flexibility index (Phi) is 2.14. The average molecular weight is 212 g/mol. The molecule has 0 radical (unpaired) electrons. The summed E-state index contributed by atoms with van der Waals surface area (Å²) in [6.07, 6.45) is 1.66.